The summed E-state index contributed by atoms with van der Waals surface area (Å²) in [6, 6.07) is 12.3. The quantitative estimate of drug-likeness (QED) is 0.337. The number of carbonyl (C=O) groups is 1. The summed E-state index contributed by atoms with van der Waals surface area (Å²) in [4.78, 5) is 25.1. The van der Waals surface area contributed by atoms with Crippen LogP contribution in [0.4, 0.5) is 4.39 Å². The summed E-state index contributed by atoms with van der Waals surface area (Å²) < 4.78 is 19.4. The molecule has 186 valence electrons. The van der Waals surface area contributed by atoms with Crippen molar-refractivity contribution < 1.29 is 19.0 Å². The Kier molecular flexibility index (Phi) is 5.96. The number of rotatable bonds is 5. The summed E-state index contributed by atoms with van der Waals surface area (Å²) in [6.45, 7) is 2.22. The number of aromatic nitrogens is 3. The van der Waals surface area contributed by atoms with Crippen LogP contribution in [-0.4, -0.2) is 38.2 Å². The molecule has 0 aliphatic heterocycles. The molecular formula is C29H30FN3O3. The summed E-state index contributed by atoms with van der Waals surface area (Å²) in [5, 5.41) is 10.3. The molecule has 2 fully saturated rings. The number of aliphatic hydroxyl groups is 1. The Morgan fingerprint density at radius 2 is 1.86 bits per heavy atom. The number of benzene rings is 2. The van der Waals surface area contributed by atoms with Gasteiger partial charge >= 0.3 is 5.97 Å². The van der Waals surface area contributed by atoms with Crippen molar-refractivity contribution >= 4 is 27.9 Å². The number of esters is 1. The van der Waals surface area contributed by atoms with Crippen LogP contribution in [0.15, 0.2) is 48.7 Å². The minimum atomic E-state index is -0.361. The van der Waals surface area contributed by atoms with Gasteiger partial charge in [-0.15, -0.1) is 0 Å². The van der Waals surface area contributed by atoms with E-state index < -0.39 is 0 Å². The number of H-pyrrole nitrogens is 1. The summed E-state index contributed by atoms with van der Waals surface area (Å²) in [5.41, 5.74) is 4.21. The fourth-order valence-corrected chi connectivity index (χ4v) is 5.87. The Morgan fingerprint density at radius 1 is 1.08 bits per heavy atom. The zero-order valence-corrected chi connectivity index (χ0v) is 20.3. The van der Waals surface area contributed by atoms with Crippen molar-refractivity contribution in [2.75, 3.05) is 0 Å². The third-order valence-electron chi connectivity index (χ3n) is 8.17. The fraction of sp³-hybridized carbons (Fsp3) is 0.414. The standard InChI is InChI=1S/C29H30FN3O3/c1-16(17-2-4-18(5-3-17)23-10-11-31-25-9-7-20(30)13-24(23)25)28-32-26-8-6-19(12-27(26)33-28)29(35)36-22-14-21(34)15-22/h6-13,16-18,21-22,34H,2-5,14-15H2,1H3,(H,32,33). The van der Waals surface area contributed by atoms with Gasteiger partial charge in [-0.1, -0.05) is 6.92 Å². The highest BCUT2D eigenvalue weighted by Gasteiger charge is 2.31. The van der Waals surface area contributed by atoms with Gasteiger partial charge in [0.2, 0.25) is 0 Å². The minimum absolute atomic E-state index is 0.195. The number of carbonyl (C=O) groups excluding carboxylic acids is 1. The van der Waals surface area contributed by atoms with E-state index in [1.54, 1.807) is 24.3 Å². The normalized spacial score (nSPS) is 25.0. The number of hydrogen-bond acceptors (Lipinski definition) is 5. The molecule has 2 aromatic carbocycles. The largest absolute Gasteiger partial charge is 0.459 e. The molecule has 7 heteroatoms. The van der Waals surface area contributed by atoms with E-state index in [9.17, 15) is 14.3 Å². The molecule has 2 aromatic heterocycles. The summed E-state index contributed by atoms with van der Waals surface area (Å²) in [6.07, 6.45) is 6.56. The van der Waals surface area contributed by atoms with Crippen LogP contribution in [0, 0.1) is 11.7 Å². The van der Waals surface area contributed by atoms with Crippen molar-refractivity contribution in [2.45, 2.75) is 69.5 Å². The van der Waals surface area contributed by atoms with Crippen LogP contribution < -0.4 is 0 Å². The highest BCUT2D eigenvalue weighted by atomic mass is 19.1. The average molecular weight is 488 g/mol. The number of aliphatic hydroxyl groups excluding tert-OH is 1. The van der Waals surface area contributed by atoms with Crippen LogP contribution in [0.2, 0.25) is 0 Å². The average Bonchev–Trinajstić information content (AvgIpc) is 3.30. The smallest absolute Gasteiger partial charge is 0.338 e. The predicted octanol–water partition coefficient (Wildman–Crippen LogP) is 6.01. The molecule has 0 spiro atoms. The first-order chi connectivity index (χ1) is 17.4. The zero-order valence-electron chi connectivity index (χ0n) is 20.3. The van der Waals surface area contributed by atoms with Crippen molar-refractivity contribution in [1.29, 1.82) is 0 Å². The molecule has 2 aliphatic carbocycles. The SMILES string of the molecule is CC(c1nc2ccc(C(=O)OC3CC(O)C3)cc2[nH]1)C1CCC(c2ccnc3ccc(F)cc23)CC1. The zero-order chi connectivity index (χ0) is 24.8. The van der Waals surface area contributed by atoms with Gasteiger partial charge in [0.05, 0.1) is 28.2 Å². The number of imidazole rings is 1. The van der Waals surface area contributed by atoms with Gasteiger partial charge in [0, 0.05) is 30.3 Å². The van der Waals surface area contributed by atoms with Gasteiger partial charge in [0.1, 0.15) is 17.7 Å². The molecule has 6 rings (SSSR count). The topological polar surface area (TPSA) is 88.1 Å². The second kappa shape index (κ2) is 9.28. The van der Waals surface area contributed by atoms with Crippen LogP contribution in [0.5, 0.6) is 0 Å². The van der Waals surface area contributed by atoms with E-state index in [1.807, 2.05) is 18.3 Å². The molecule has 0 saturated heterocycles. The molecule has 2 N–H and O–H groups in total. The molecule has 0 bridgehead atoms. The first-order valence-corrected chi connectivity index (χ1v) is 12.9. The Morgan fingerprint density at radius 3 is 2.64 bits per heavy atom. The van der Waals surface area contributed by atoms with E-state index in [-0.39, 0.29) is 29.9 Å². The van der Waals surface area contributed by atoms with Gasteiger partial charge in [0.15, 0.2) is 0 Å². The van der Waals surface area contributed by atoms with Crippen LogP contribution in [0.1, 0.15) is 79.0 Å². The third-order valence-corrected chi connectivity index (χ3v) is 8.17. The Bertz CT molecular complexity index is 1420. The van der Waals surface area contributed by atoms with Crippen molar-refractivity contribution in [3.63, 3.8) is 0 Å². The second-order valence-corrected chi connectivity index (χ2v) is 10.5. The Hall–Kier alpha value is -3.32. The summed E-state index contributed by atoms with van der Waals surface area (Å²) in [5.74, 6) is 1.53. The van der Waals surface area contributed by atoms with Crippen molar-refractivity contribution in [3.05, 3.63) is 71.4 Å². The van der Waals surface area contributed by atoms with Gasteiger partial charge in [-0.3, -0.25) is 4.98 Å². The summed E-state index contributed by atoms with van der Waals surface area (Å²) in [7, 11) is 0. The number of hydrogen-bond donors (Lipinski definition) is 2. The molecular weight excluding hydrogens is 457 g/mol. The molecule has 0 amide bonds. The molecule has 4 aromatic rings. The number of halogens is 1. The van der Waals surface area contributed by atoms with E-state index in [0.29, 0.717) is 30.2 Å². The Labute approximate surface area is 208 Å². The second-order valence-electron chi connectivity index (χ2n) is 10.5. The van der Waals surface area contributed by atoms with Crippen molar-refractivity contribution in [3.8, 4) is 0 Å². The molecule has 2 aliphatic rings. The van der Waals surface area contributed by atoms with Gasteiger partial charge in [-0.05, 0) is 85.5 Å². The van der Waals surface area contributed by atoms with E-state index >= 15 is 0 Å². The fourth-order valence-electron chi connectivity index (χ4n) is 5.87. The number of ether oxygens (including phenoxy) is 1. The lowest BCUT2D eigenvalue weighted by Crippen LogP contribution is -2.36. The van der Waals surface area contributed by atoms with Crippen LogP contribution >= 0.6 is 0 Å². The van der Waals surface area contributed by atoms with E-state index in [4.69, 9.17) is 9.72 Å². The highest BCUT2D eigenvalue weighted by molar-refractivity contribution is 5.93. The first kappa shape index (κ1) is 23.1. The molecule has 6 nitrogen and oxygen atoms in total. The maximum Gasteiger partial charge on any atom is 0.338 e. The number of aromatic amines is 1. The number of pyridine rings is 1. The molecule has 0 radical (unpaired) electrons. The highest BCUT2D eigenvalue weighted by Crippen LogP contribution is 2.43. The molecule has 2 heterocycles. The van der Waals surface area contributed by atoms with Crippen LogP contribution in [0.25, 0.3) is 21.9 Å². The maximum absolute atomic E-state index is 13.9. The van der Waals surface area contributed by atoms with E-state index in [2.05, 4.69) is 16.9 Å². The van der Waals surface area contributed by atoms with E-state index in [1.165, 1.54) is 11.6 Å². The lowest BCUT2D eigenvalue weighted by Gasteiger charge is -2.32. The lowest BCUT2D eigenvalue weighted by atomic mass is 9.73. The predicted molar refractivity (Wildman–Crippen MR) is 135 cm³/mol. The minimum Gasteiger partial charge on any atom is -0.459 e. The third kappa shape index (κ3) is 4.37. The Balaban J connectivity index is 1.13. The maximum atomic E-state index is 13.9. The van der Waals surface area contributed by atoms with Gasteiger partial charge < -0.3 is 14.8 Å². The van der Waals surface area contributed by atoms with Crippen molar-refractivity contribution in [1.82, 2.24) is 15.0 Å². The molecule has 1 unspecified atom stereocenters. The van der Waals surface area contributed by atoms with Crippen LogP contribution in [-0.2, 0) is 4.74 Å². The number of nitrogens with zero attached hydrogens (tertiary/aromatic N) is 2. The number of nitrogens with one attached hydrogen (secondary N) is 1. The first-order valence-electron chi connectivity index (χ1n) is 12.9. The summed E-state index contributed by atoms with van der Waals surface area (Å²) >= 11 is 0. The van der Waals surface area contributed by atoms with Gasteiger partial charge in [0.25, 0.3) is 0 Å². The van der Waals surface area contributed by atoms with Crippen molar-refractivity contribution in [2.24, 2.45) is 5.92 Å². The lowest BCUT2D eigenvalue weighted by molar-refractivity contribution is -0.0466. The molecule has 36 heavy (non-hydrogen) atoms. The molecule has 2 saturated carbocycles. The van der Waals surface area contributed by atoms with E-state index in [0.717, 1.165) is 53.4 Å². The van der Waals surface area contributed by atoms with Gasteiger partial charge in [-0.2, -0.15) is 0 Å². The molecule has 1 atom stereocenters. The monoisotopic (exact) mass is 487 g/mol. The number of fused-ring (bicyclic) bond motifs is 2. The van der Waals surface area contributed by atoms with Gasteiger partial charge in [-0.25, -0.2) is 14.2 Å². The van der Waals surface area contributed by atoms with Crippen LogP contribution in [0.3, 0.4) is 0 Å².